The van der Waals surface area contributed by atoms with Gasteiger partial charge in [0.05, 0.1) is 11.3 Å². The van der Waals surface area contributed by atoms with E-state index in [1.54, 1.807) is 43.3 Å². The monoisotopic (exact) mass is 382 g/mol. The van der Waals surface area contributed by atoms with Gasteiger partial charge >= 0.3 is 5.97 Å². The number of thiophene rings is 1. The molecule has 7 heteroatoms. The van der Waals surface area contributed by atoms with Crippen molar-refractivity contribution in [2.75, 3.05) is 5.32 Å². The van der Waals surface area contributed by atoms with Crippen molar-refractivity contribution in [1.29, 1.82) is 5.26 Å². The molecule has 0 aliphatic carbocycles. The van der Waals surface area contributed by atoms with Gasteiger partial charge in [0, 0.05) is 10.1 Å². The van der Waals surface area contributed by atoms with Crippen LogP contribution in [0.1, 0.15) is 27.7 Å². The molecule has 3 rings (SSSR count). The summed E-state index contributed by atoms with van der Waals surface area (Å²) in [6.45, 7) is 3.08. The van der Waals surface area contributed by atoms with Crippen molar-refractivity contribution in [3.05, 3.63) is 64.3 Å². The van der Waals surface area contributed by atoms with Crippen LogP contribution in [0.4, 0.5) is 10.1 Å². The molecule has 1 amide bonds. The summed E-state index contributed by atoms with van der Waals surface area (Å²) in [5.74, 6) is -1.65. The summed E-state index contributed by atoms with van der Waals surface area (Å²) in [6, 6.07) is 13.1. The molecule has 0 bridgehead atoms. The van der Waals surface area contributed by atoms with Crippen LogP contribution in [-0.4, -0.2) is 18.0 Å². The van der Waals surface area contributed by atoms with E-state index in [2.05, 4.69) is 5.32 Å². The van der Waals surface area contributed by atoms with Crippen LogP contribution in [0.15, 0.2) is 42.5 Å². The third kappa shape index (κ3) is 3.66. The molecule has 1 N–H and O–H groups in total. The van der Waals surface area contributed by atoms with E-state index in [1.807, 2.05) is 6.07 Å². The van der Waals surface area contributed by atoms with Gasteiger partial charge in [0.2, 0.25) is 0 Å². The molecule has 0 aliphatic rings. The summed E-state index contributed by atoms with van der Waals surface area (Å²) in [4.78, 5) is 25.0. The Morgan fingerprint density at radius 3 is 2.67 bits per heavy atom. The lowest BCUT2D eigenvalue weighted by Crippen LogP contribution is -2.30. The van der Waals surface area contributed by atoms with Crippen molar-refractivity contribution in [3.63, 3.8) is 0 Å². The van der Waals surface area contributed by atoms with Crippen molar-refractivity contribution in [2.45, 2.75) is 20.0 Å². The Kier molecular flexibility index (Phi) is 5.19. The summed E-state index contributed by atoms with van der Waals surface area (Å²) in [7, 11) is 0. The molecule has 0 aliphatic heterocycles. The molecule has 0 spiro atoms. The molecule has 5 nitrogen and oxygen atoms in total. The quantitative estimate of drug-likeness (QED) is 0.678. The smallest absolute Gasteiger partial charge is 0.349 e. The van der Waals surface area contributed by atoms with E-state index in [9.17, 15) is 14.0 Å². The average Bonchev–Trinajstić information content (AvgIpc) is 3.00. The maximum absolute atomic E-state index is 14.0. The zero-order valence-corrected chi connectivity index (χ0v) is 15.4. The first-order valence-electron chi connectivity index (χ1n) is 8.11. The number of carbonyl (C=O) groups excluding carboxylic acids is 2. The second-order valence-electron chi connectivity index (χ2n) is 5.86. The summed E-state index contributed by atoms with van der Waals surface area (Å²) < 4.78 is 19.9. The minimum Gasteiger partial charge on any atom is -0.448 e. The number of amides is 1. The number of hydrogen-bond donors (Lipinski definition) is 1. The van der Waals surface area contributed by atoms with Gasteiger partial charge in [-0.1, -0.05) is 18.2 Å². The summed E-state index contributed by atoms with van der Waals surface area (Å²) in [5.41, 5.74) is 1.13. The third-order valence-corrected chi connectivity index (χ3v) is 5.28. The van der Waals surface area contributed by atoms with E-state index in [0.717, 1.165) is 11.3 Å². The molecule has 1 aromatic heterocycles. The summed E-state index contributed by atoms with van der Waals surface area (Å²) in [5, 5.41) is 12.0. The largest absolute Gasteiger partial charge is 0.448 e. The predicted molar refractivity (Wildman–Crippen MR) is 101 cm³/mol. The fraction of sp³-hybridized carbons (Fsp3) is 0.150. The van der Waals surface area contributed by atoms with Crippen LogP contribution in [0.5, 0.6) is 0 Å². The molecule has 2 aromatic carbocycles. The second-order valence-corrected chi connectivity index (χ2v) is 6.92. The second kappa shape index (κ2) is 7.56. The predicted octanol–water partition coefficient (Wildman–Crippen LogP) is 4.40. The highest BCUT2D eigenvalue weighted by Gasteiger charge is 2.24. The number of rotatable bonds is 4. The number of hydrogen-bond acceptors (Lipinski definition) is 5. The van der Waals surface area contributed by atoms with Gasteiger partial charge in [-0.3, -0.25) is 4.79 Å². The molecule has 136 valence electrons. The van der Waals surface area contributed by atoms with E-state index >= 15 is 0 Å². The van der Waals surface area contributed by atoms with Gasteiger partial charge < -0.3 is 10.1 Å². The zero-order valence-electron chi connectivity index (χ0n) is 14.6. The topological polar surface area (TPSA) is 79.2 Å². The summed E-state index contributed by atoms with van der Waals surface area (Å²) >= 11 is 1.12. The first kappa shape index (κ1) is 18.5. The number of carbonyl (C=O) groups is 2. The van der Waals surface area contributed by atoms with Gasteiger partial charge in [-0.25, -0.2) is 9.18 Å². The highest BCUT2D eigenvalue weighted by atomic mass is 32.1. The Balaban J connectivity index is 1.76. The minimum atomic E-state index is -1.08. The van der Waals surface area contributed by atoms with E-state index in [1.165, 1.54) is 13.0 Å². The lowest BCUT2D eigenvalue weighted by molar-refractivity contribution is -0.123. The van der Waals surface area contributed by atoms with Crippen LogP contribution >= 0.6 is 11.3 Å². The van der Waals surface area contributed by atoms with Crippen molar-refractivity contribution in [3.8, 4) is 6.07 Å². The third-order valence-electron chi connectivity index (χ3n) is 4.05. The molecule has 1 atom stereocenters. The SMILES string of the molecule is Cc1c(C(=O)OC(C)C(=O)Nc2ccccc2C#N)sc2cccc(F)c12. The lowest BCUT2D eigenvalue weighted by Gasteiger charge is -2.14. The van der Waals surface area contributed by atoms with Gasteiger partial charge in [0.15, 0.2) is 6.10 Å². The maximum atomic E-state index is 14.0. The Bertz CT molecular complexity index is 1080. The molecular weight excluding hydrogens is 367 g/mol. The van der Waals surface area contributed by atoms with Crippen molar-refractivity contribution < 1.29 is 18.7 Å². The fourth-order valence-electron chi connectivity index (χ4n) is 2.64. The normalized spacial score (nSPS) is 11.6. The maximum Gasteiger partial charge on any atom is 0.349 e. The number of ether oxygens (including phenoxy) is 1. The standard InChI is InChI=1S/C20H15FN2O3S/c1-11-17-14(21)7-5-9-16(17)27-18(11)20(25)26-12(2)19(24)23-15-8-4-3-6-13(15)10-22/h3-9,12H,1-2H3,(H,23,24). The number of halogens is 1. The number of anilines is 1. The van der Waals surface area contributed by atoms with Crippen molar-refractivity contribution in [1.82, 2.24) is 0 Å². The Labute approximate surface area is 159 Å². The number of para-hydroxylation sites is 1. The molecular formula is C20H15FN2O3S. The Morgan fingerprint density at radius 2 is 1.96 bits per heavy atom. The van der Waals surface area contributed by atoms with Gasteiger partial charge in [-0.15, -0.1) is 11.3 Å². The molecule has 0 fully saturated rings. The van der Waals surface area contributed by atoms with Crippen LogP contribution in [0.3, 0.4) is 0 Å². The zero-order chi connectivity index (χ0) is 19.6. The first-order chi connectivity index (χ1) is 12.9. The molecule has 3 aromatic rings. The number of nitrogens with one attached hydrogen (secondary N) is 1. The van der Waals surface area contributed by atoms with Crippen LogP contribution in [-0.2, 0) is 9.53 Å². The minimum absolute atomic E-state index is 0.257. The van der Waals surface area contributed by atoms with E-state index < -0.39 is 23.8 Å². The number of esters is 1. The Morgan fingerprint density at radius 1 is 1.22 bits per heavy atom. The number of nitrogens with zero attached hydrogens (tertiary/aromatic N) is 1. The lowest BCUT2D eigenvalue weighted by atomic mass is 10.1. The summed E-state index contributed by atoms with van der Waals surface area (Å²) in [6.07, 6.45) is -1.08. The number of nitriles is 1. The van der Waals surface area contributed by atoms with Crippen molar-refractivity contribution >= 4 is 39.0 Å². The average molecular weight is 382 g/mol. The number of benzene rings is 2. The van der Waals surface area contributed by atoms with Crippen LogP contribution in [0, 0.1) is 24.1 Å². The van der Waals surface area contributed by atoms with Gasteiger partial charge in [-0.2, -0.15) is 5.26 Å². The van der Waals surface area contributed by atoms with E-state index in [4.69, 9.17) is 10.00 Å². The highest BCUT2D eigenvalue weighted by Crippen LogP contribution is 2.33. The first-order valence-corrected chi connectivity index (χ1v) is 8.92. The Hall–Kier alpha value is -3.24. The van der Waals surface area contributed by atoms with E-state index in [-0.39, 0.29) is 4.88 Å². The van der Waals surface area contributed by atoms with Gasteiger partial charge in [0.1, 0.15) is 16.8 Å². The van der Waals surface area contributed by atoms with Crippen LogP contribution in [0.25, 0.3) is 10.1 Å². The number of fused-ring (bicyclic) bond motifs is 1. The number of aryl methyl sites for hydroxylation is 1. The molecule has 27 heavy (non-hydrogen) atoms. The van der Waals surface area contributed by atoms with Crippen LogP contribution in [0.2, 0.25) is 0 Å². The molecule has 0 saturated carbocycles. The highest BCUT2D eigenvalue weighted by molar-refractivity contribution is 7.21. The van der Waals surface area contributed by atoms with E-state index in [0.29, 0.717) is 26.9 Å². The fourth-order valence-corrected chi connectivity index (χ4v) is 3.75. The van der Waals surface area contributed by atoms with Gasteiger partial charge in [-0.05, 0) is 43.7 Å². The van der Waals surface area contributed by atoms with Crippen molar-refractivity contribution in [2.24, 2.45) is 0 Å². The molecule has 0 radical (unpaired) electrons. The molecule has 1 heterocycles. The molecule has 0 saturated heterocycles. The van der Waals surface area contributed by atoms with Gasteiger partial charge in [0.25, 0.3) is 5.91 Å². The van der Waals surface area contributed by atoms with Crippen LogP contribution < -0.4 is 5.32 Å². The molecule has 1 unspecified atom stereocenters.